The van der Waals surface area contributed by atoms with Crippen molar-refractivity contribution in [2.75, 3.05) is 0 Å². The third kappa shape index (κ3) is 7.24. The molecule has 4 nitrogen and oxygen atoms in total. The fraction of sp³-hybridized carbons (Fsp3) is 0.360. The lowest BCUT2D eigenvalue weighted by atomic mass is 9.86. The van der Waals surface area contributed by atoms with Crippen LogP contribution in [0.25, 0.3) is 54.9 Å². The first-order chi connectivity index (χ1) is 27.7. The van der Waals surface area contributed by atoms with E-state index in [0.717, 1.165) is 43.8 Å². The number of benzene rings is 6. The fourth-order valence-corrected chi connectivity index (χ4v) is 26.6. The quantitative estimate of drug-likeness (QED) is 0.110. The van der Waals surface area contributed by atoms with Crippen LogP contribution in [0.1, 0.15) is 83.1 Å². The molecule has 0 spiro atoms. The molecule has 0 bridgehead atoms. The molecule has 59 heavy (non-hydrogen) atoms. The molecule has 0 radical (unpaired) electrons. The van der Waals surface area contributed by atoms with Crippen molar-refractivity contribution in [1.29, 1.82) is 0 Å². The van der Waals surface area contributed by atoms with Crippen molar-refractivity contribution in [3.8, 4) is 44.9 Å². The van der Waals surface area contributed by atoms with E-state index in [4.69, 9.17) is 32.2 Å². The highest BCUT2D eigenvalue weighted by Gasteiger charge is 2.46. The minimum Gasteiger partial charge on any atom is -0.394 e. The lowest BCUT2D eigenvalue weighted by Crippen LogP contribution is -2.55. The summed E-state index contributed by atoms with van der Waals surface area (Å²) in [5.41, 5.74) is 7.56. The van der Waals surface area contributed by atoms with Crippen molar-refractivity contribution >= 4 is 79.1 Å². The van der Waals surface area contributed by atoms with E-state index in [-0.39, 0.29) is 0 Å². The maximum atomic E-state index is 14.4. The van der Waals surface area contributed by atoms with E-state index >= 15 is 0 Å². The second kappa shape index (κ2) is 16.2. The van der Waals surface area contributed by atoms with Gasteiger partial charge in [-0.1, -0.05) is 177 Å². The summed E-state index contributed by atoms with van der Waals surface area (Å²) in [5.74, 6) is 0.622. The van der Waals surface area contributed by atoms with Crippen molar-refractivity contribution in [3.63, 3.8) is 0 Å². The summed E-state index contributed by atoms with van der Waals surface area (Å²) in [6.45, 7) is 28.7. The van der Waals surface area contributed by atoms with Gasteiger partial charge in [-0.05, 0) is 102 Å². The predicted molar refractivity (Wildman–Crippen MR) is 260 cm³/mol. The molecule has 0 saturated carbocycles. The topological polar surface area (TPSA) is 55.8 Å². The van der Waals surface area contributed by atoms with Gasteiger partial charge in [-0.25, -0.2) is 4.57 Å². The van der Waals surface area contributed by atoms with Crippen molar-refractivity contribution < 1.29 is 18.5 Å². The number of hydrogen-bond donors (Lipinski definition) is 1. The molecule has 7 rings (SSSR count). The summed E-state index contributed by atoms with van der Waals surface area (Å²) in [6.07, 6.45) is 0. The van der Waals surface area contributed by atoms with Crippen molar-refractivity contribution in [3.05, 3.63) is 107 Å². The van der Waals surface area contributed by atoms with Crippen molar-refractivity contribution in [2.45, 2.75) is 116 Å². The Kier molecular flexibility index (Phi) is 12.0. The molecule has 1 aliphatic heterocycles. The monoisotopic (exact) mass is 880 g/mol. The SMILES string of the molecule is CC(C)[Si](c1ccc2c3c(c(-c4ccc(Cl)cc4)cc2c1)OP(=O)(O)Oc1c(-c2ccc(Cl)cc2)cc2cc([Si](C(C)C)(C(C)C)C(C)C)ccc2c1-3)(C(C)C)C(C)C. The Morgan fingerprint density at radius 3 is 1.07 bits per heavy atom. The molecule has 1 aliphatic rings. The van der Waals surface area contributed by atoms with E-state index in [0.29, 0.717) is 65.9 Å². The van der Waals surface area contributed by atoms with Gasteiger partial charge in [-0.3, -0.25) is 4.89 Å². The second-order valence-electron chi connectivity index (χ2n) is 18.6. The van der Waals surface area contributed by atoms with Gasteiger partial charge in [0.25, 0.3) is 0 Å². The molecular formula is C50H59Cl2O4PSi2. The summed E-state index contributed by atoms with van der Waals surface area (Å²) in [4.78, 5) is 11.8. The van der Waals surface area contributed by atoms with Crippen LogP contribution in [0.4, 0.5) is 0 Å². The number of fused-ring (bicyclic) bond motifs is 7. The highest BCUT2D eigenvalue weighted by atomic mass is 35.5. The maximum Gasteiger partial charge on any atom is 0.584 e. The highest BCUT2D eigenvalue weighted by Crippen LogP contribution is 2.62. The minimum atomic E-state index is -4.75. The van der Waals surface area contributed by atoms with Crippen LogP contribution in [0.5, 0.6) is 11.5 Å². The number of halogens is 2. The standard InChI is InChI=1S/C50H59Cl2O4PSi2/c1-29(2)58(30(3)4,31(5)6)41-21-23-43-37(25-41)27-45(35-13-17-39(51)18-14-35)49-47(43)48-44-24-22-42(59(32(7)8,33(9)10)34(11)12)26-38(44)28-46(36-15-19-40(52)20-16-36)50(48)56-57(53,54)55-49/h13-34H,1-12H3,(H,53,54). The molecule has 0 fully saturated rings. The summed E-state index contributed by atoms with van der Waals surface area (Å²) in [7, 11) is -8.92. The van der Waals surface area contributed by atoms with Crippen LogP contribution in [0.2, 0.25) is 43.3 Å². The normalized spacial score (nSPS) is 14.4. The smallest absolute Gasteiger partial charge is 0.394 e. The van der Waals surface area contributed by atoms with Gasteiger partial charge in [0.1, 0.15) is 11.5 Å². The molecule has 310 valence electrons. The molecule has 0 aliphatic carbocycles. The van der Waals surface area contributed by atoms with Crippen molar-refractivity contribution in [1.82, 2.24) is 0 Å². The number of rotatable bonds is 10. The van der Waals surface area contributed by atoms with E-state index in [9.17, 15) is 9.46 Å². The van der Waals surface area contributed by atoms with Crippen LogP contribution >= 0.6 is 31.0 Å². The number of phosphoric ester groups is 1. The molecule has 6 aromatic rings. The van der Waals surface area contributed by atoms with Crippen LogP contribution in [0, 0.1) is 0 Å². The van der Waals surface area contributed by atoms with Crippen LogP contribution in [-0.4, -0.2) is 21.0 Å². The van der Waals surface area contributed by atoms with Crippen LogP contribution in [0.3, 0.4) is 0 Å². The van der Waals surface area contributed by atoms with E-state index in [1.165, 1.54) is 10.4 Å². The largest absolute Gasteiger partial charge is 0.584 e. The van der Waals surface area contributed by atoms with Gasteiger partial charge in [-0.15, -0.1) is 0 Å². The fourth-order valence-electron chi connectivity index (χ4n) is 11.9. The zero-order valence-electron chi connectivity index (χ0n) is 36.6. The van der Waals surface area contributed by atoms with E-state index in [1.54, 1.807) is 0 Å². The Morgan fingerprint density at radius 1 is 0.475 bits per heavy atom. The third-order valence-corrected chi connectivity index (χ3v) is 29.3. The minimum absolute atomic E-state index is 0.311. The first-order valence-electron chi connectivity index (χ1n) is 21.2. The lowest BCUT2D eigenvalue weighted by molar-refractivity contribution is 0.295. The van der Waals surface area contributed by atoms with Crippen LogP contribution in [0.15, 0.2) is 97.1 Å². The maximum absolute atomic E-state index is 14.4. The van der Waals surface area contributed by atoms with Gasteiger partial charge in [0.2, 0.25) is 0 Å². The Balaban J connectivity index is 1.70. The average molecular weight is 882 g/mol. The van der Waals surface area contributed by atoms with Gasteiger partial charge in [-0.2, -0.15) is 0 Å². The summed E-state index contributed by atoms with van der Waals surface area (Å²) in [6, 6.07) is 33.4. The summed E-state index contributed by atoms with van der Waals surface area (Å²) >= 11 is 12.9. The Hall–Kier alpha value is -3.36. The molecule has 6 aromatic carbocycles. The Bertz CT molecular complexity index is 2380. The zero-order valence-corrected chi connectivity index (χ0v) is 41.0. The molecule has 0 aromatic heterocycles. The van der Waals surface area contributed by atoms with Crippen LogP contribution in [-0.2, 0) is 4.57 Å². The van der Waals surface area contributed by atoms with Crippen LogP contribution < -0.4 is 19.4 Å². The molecule has 1 heterocycles. The molecule has 0 saturated heterocycles. The van der Waals surface area contributed by atoms with Gasteiger partial charge in [0, 0.05) is 32.3 Å². The molecule has 0 unspecified atom stereocenters. The third-order valence-electron chi connectivity index (χ3n) is 13.9. The van der Waals surface area contributed by atoms with Gasteiger partial charge in [0.15, 0.2) is 0 Å². The summed E-state index contributed by atoms with van der Waals surface area (Å²) in [5, 5.41) is 7.97. The van der Waals surface area contributed by atoms with Gasteiger partial charge >= 0.3 is 7.82 Å². The van der Waals surface area contributed by atoms with Gasteiger partial charge < -0.3 is 9.05 Å². The first kappa shape index (κ1) is 43.7. The second-order valence-corrected chi connectivity index (χ2v) is 32.6. The van der Waals surface area contributed by atoms with Gasteiger partial charge in [0.05, 0.1) is 16.1 Å². The molecule has 1 N–H and O–H groups in total. The highest BCUT2D eigenvalue weighted by molar-refractivity contribution is 7.48. The number of hydrogen-bond acceptors (Lipinski definition) is 3. The average Bonchev–Trinajstić information content (AvgIpc) is 3.27. The summed E-state index contributed by atoms with van der Waals surface area (Å²) < 4.78 is 27.1. The first-order valence-corrected chi connectivity index (χ1v) is 27.9. The van der Waals surface area contributed by atoms with Crippen molar-refractivity contribution in [2.24, 2.45) is 0 Å². The van der Waals surface area contributed by atoms with E-state index < -0.39 is 24.0 Å². The number of phosphoric acid groups is 1. The predicted octanol–water partition coefficient (Wildman–Crippen LogP) is 15.9. The molecule has 9 heteroatoms. The lowest BCUT2D eigenvalue weighted by Gasteiger charge is -2.44. The molecule has 0 amide bonds. The zero-order chi connectivity index (χ0) is 42.9. The van der Waals surface area contributed by atoms with E-state index in [2.05, 4.69) is 132 Å². The Labute approximate surface area is 363 Å². The Morgan fingerprint density at radius 2 is 0.780 bits per heavy atom. The molecule has 0 atom stereocenters. The molecular weight excluding hydrogens is 823 g/mol. The van der Waals surface area contributed by atoms with E-state index in [1.807, 2.05) is 48.5 Å².